The van der Waals surface area contributed by atoms with Gasteiger partial charge in [-0.15, -0.1) is 0 Å². The summed E-state index contributed by atoms with van der Waals surface area (Å²) in [5.74, 6) is -1.30. The quantitative estimate of drug-likeness (QED) is 0.125. The number of H-pyrrole nitrogens is 1. The number of carbonyl (C=O) groups is 2. The van der Waals surface area contributed by atoms with Crippen molar-refractivity contribution in [1.82, 2.24) is 9.88 Å². The van der Waals surface area contributed by atoms with Gasteiger partial charge in [0.25, 0.3) is 17.4 Å². The summed E-state index contributed by atoms with van der Waals surface area (Å²) in [4.78, 5) is 41.7. The summed E-state index contributed by atoms with van der Waals surface area (Å²) in [5, 5.41) is 23.4. The molecule has 1 aliphatic heterocycles. The molecule has 2 heterocycles. The number of aliphatic hydroxyl groups is 1. The van der Waals surface area contributed by atoms with Crippen LogP contribution in [0.15, 0.2) is 84.6 Å². The second-order valence-electron chi connectivity index (χ2n) is 8.68. The van der Waals surface area contributed by atoms with E-state index in [2.05, 4.69) is 4.98 Å². The van der Waals surface area contributed by atoms with Crippen LogP contribution >= 0.6 is 0 Å². The van der Waals surface area contributed by atoms with E-state index in [1.165, 1.54) is 36.3 Å². The third kappa shape index (κ3) is 4.31. The normalized spacial score (nSPS) is 16.9. The second-order valence-corrected chi connectivity index (χ2v) is 8.68. The number of rotatable bonds is 7. The molecule has 1 aliphatic rings. The third-order valence-corrected chi connectivity index (χ3v) is 6.62. The van der Waals surface area contributed by atoms with Crippen LogP contribution in [0.4, 0.5) is 5.69 Å². The summed E-state index contributed by atoms with van der Waals surface area (Å²) in [5.41, 5.74) is 2.60. The number of aliphatic hydroxyl groups excluding tert-OH is 1. The number of non-ortho nitro benzene ring substituents is 1. The molecule has 0 spiro atoms. The van der Waals surface area contributed by atoms with Crippen LogP contribution in [-0.2, 0) is 16.0 Å². The molecule has 1 atom stereocenters. The summed E-state index contributed by atoms with van der Waals surface area (Å²) >= 11 is 0. The minimum Gasteiger partial charge on any atom is -0.507 e. The summed E-state index contributed by atoms with van der Waals surface area (Å²) in [6.07, 6.45) is 2.34. The summed E-state index contributed by atoms with van der Waals surface area (Å²) < 4.78 is 5.16. The molecule has 0 radical (unpaired) electrons. The Bertz CT molecular complexity index is 1540. The van der Waals surface area contributed by atoms with Crippen LogP contribution in [0.5, 0.6) is 5.75 Å². The largest absolute Gasteiger partial charge is 0.507 e. The highest BCUT2D eigenvalue weighted by atomic mass is 16.6. The Hall–Kier alpha value is -4.92. The SMILES string of the molecule is COc1ccc(C(O)=C2C(=O)C(=O)N(CCc3c[nH]c4ccccc34)[C@H]2c2ccc([N+](=O)[O-])cc2)cc1. The van der Waals surface area contributed by atoms with E-state index < -0.39 is 22.7 Å². The first-order valence-corrected chi connectivity index (χ1v) is 11.6. The van der Waals surface area contributed by atoms with E-state index in [0.717, 1.165) is 16.5 Å². The number of ketones is 1. The van der Waals surface area contributed by atoms with E-state index in [0.29, 0.717) is 23.3 Å². The zero-order valence-corrected chi connectivity index (χ0v) is 19.9. The molecule has 9 heteroatoms. The minimum absolute atomic E-state index is 0.0667. The number of hydrogen-bond acceptors (Lipinski definition) is 6. The van der Waals surface area contributed by atoms with Crippen LogP contribution in [0.2, 0.25) is 0 Å². The number of hydrogen-bond donors (Lipinski definition) is 2. The zero-order chi connectivity index (χ0) is 26.1. The lowest BCUT2D eigenvalue weighted by atomic mass is 9.95. The zero-order valence-electron chi connectivity index (χ0n) is 19.9. The van der Waals surface area contributed by atoms with Crippen molar-refractivity contribution in [1.29, 1.82) is 0 Å². The molecule has 0 unspecified atom stereocenters. The van der Waals surface area contributed by atoms with Gasteiger partial charge in [0.15, 0.2) is 0 Å². The fourth-order valence-electron chi connectivity index (χ4n) is 4.72. The van der Waals surface area contributed by atoms with Crippen molar-refractivity contribution in [2.24, 2.45) is 0 Å². The lowest BCUT2D eigenvalue weighted by molar-refractivity contribution is -0.384. The van der Waals surface area contributed by atoms with Gasteiger partial charge in [-0.25, -0.2) is 0 Å². The summed E-state index contributed by atoms with van der Waals surface area (Å²) in [6.45, 7) is 0.202. The Labute approximate surface area is 211 Å². The number of ether oxygens (including phenoxy) is 1. The van der Waals surface area contributed by atoms with E-state index >= 15 is 0 Å². The molecule has 37 heavy (non-hydrogen) atoms. The number of amides is 1. The van der Waals surface area contributed by atoms with E-state index in [9.17, 15) is 24.8 Å². The molecule has 5 rings (SSSR count). The van der Waals surface area contributed by atoms with Gasteiger partial charge in [-0.2, -0.15) is 0 Å². The first-order chi connectivity index (χ1) is 17.9. The second kappa shape index (κ2) is 9.62. The van der Waals surface area contributed by atoms with Crippen molar-refractivity contribution in [3.05, 3.63) is 111 Å². The molecule has 1 aromatic heterocycles. The van der Waals surface area contributed by atoms with Gasteiger partial charge in [-0.1, -0.05) is 18.2 Å². The molecule has 4 aromatic rings. The van der Waals surface area contributed by atoms with Crippen molar-refractivity contribution in [2.45, 2.75) is 12.5 Å². The van der Waals surface area contributed by atoms with E-state index in [1.807, 2.05) is 30.5 Å². The number of likely N-dealkylation sites (tertiary alicyclic amines) is 1. The molecule has 186 valence electrons. The number of benzene rings is 3. The number of fused-ring (bicyclic) bond motifs is 1. The maximum Gasteiger partial charge on any atom is 0.295 e. The van der Waals surface area contributed by atoms with E-state index in [1.54, 1.807) is 24.3 Å². The summed E-state index contributed by atoms with van der Waals surface area (Å²) in [7, 11) is 1.52. The highest BCUT2D eigenvalue weighted by Crippen LogP contribution is 2.40. The number of nitrogens with one attached hydrogen (secondary N) is 1. The summed E-state index contributed by atoms with van der Waals surface area (Å²) in [6, 6.07) is 19.0. The maximum absolute atomic E-state index is 13.2. The van der Waals surface area contributed by atoms with Gasteiger partial charge in [0.05, 0.1) is 23.6 Å². The fraction of sp³-hybridized carbons (Fsp3) is 0.143. The topological polar surface area (TPSA) is 126 Å². The average Bonchev–Trinajstić information content (AvgIpc) is 3.45. The molecule has 1 saturated heterocycles. The van der Waals surface area contributed by atoms with Crippen molar-refractivity contribution in [2.75, 3.05) is 13.7 Å². The van der Waals surface area contributed by atoms with Crippen molar-refractivity contribution < 1.29 is 24.4 Å². The molecule has 0 aliphatic carbocycles. The molecule has 9 nitrogen and oxygen atoms in total. The Kier molecular flexibility index (Phi) is 6.19. The highest BCUT2D eigenvalue weighted by Gasteiger charge is 2.46. The molecule has 2 N–H and O–H groups in total. The Balaban J connectivity index is 1.56. The Morgan fingerprint density at radius 3 is 2.43 bits per heavy atom. The van der Waals surface area contributed by atoms with Gasteiger partial charge in [0.2, 0.25) is 0 Å². The number of nitrogens with zero attached hydrogens (tertiary/aromatic N) is 2. The standard InChI is InChI=1S/C28H23N3O6/c1-37-21-12-8-18(9-13-21)26(32)24-25(17-6-10-20(11-7-17)31(35)36)30(28(34)27(24)33)15-14-19-16-29-23-5-3-2-4-22(19)23/h2-13,16,25,29,32H,14-15H2,1H3/t25-/m0/s1. The number of aromatic nitrogens is 1. The lowest BCUT2D eigenvalue weighted by Gasteiger charge is -2.25. The molecule has 1 amide bonds. The number of nitro groups is 1. The predicted molar refractivity (Wildman–Crippen MR) is 137 cm³/mol. The first kappa shape index (κ1) is 23.8. The van der Waals surface area contributed by atoms with E-state index in [4.69, 9.17) is 4.74 Å². The Morgan fingerprint density at radius 1 is 1.05 bits per heavy atom. The van der Waals surface area contributed by atoms with Gasteiger partial charge in [0, 0.05) is 41.3 Å². The number of aromatic amines is 1. The van der Waals surface area contributed by atoms with Crippen LogP contribution < -0.4 is 4.74 Å². The van der Waals surface area contributed by atoms with Crippen LogP contribution in [0, 0.1) is 10.1 Å². The van der Waals surface area contributed by atoms with Crippen molar-refractivity contribution in [3.8, 4) is 5.75 Å². The number of carbonyl (C=O) groups excluding carboxylic acids is 2. The van der Waals surface area contributed by atoms with Gasteiger partial charge in [-0.05, 0) is 60.0 Å². The van der Waals surface area contributed by atoms with Crippen LogP contribution in [0.1, 0.15) is 22.7 Å². The maximum atomic E-state index is 13.2. The molecular formula is C28H23N3O6. The average molecular weight is 498 g/mol. The number of methoxy groups -OCH3 is 1. The van der Waals surface area contributed by atoms with Crippen LogP contribution in [-0.4, -0.2) is 45.3 Å². The van der Waals surface area contributed by atoms with E-state index in [-0.39, 0.29) is 23.6 Å². The van der Waals surface area contributed by atoms with Gasteiger partial charge in [0.1, 0.15) is 11.5 Å². The molecular weight excluding hydrogens is 474 g/mol. The molecule has 0 bridgehead atoms. The third-order valence-electron chi connectivity index (χ3n) is 6.62. The smallest absolute Gasteiger partial charge is 0.295 e. The lowest BCUT2D eigenvalue weighted by Crippen LogP contribution is -2.31. The highest BCUT2D eigenvalue weighted by molar-refractivity contribution is 6.46. The van der Waals surface area contributed by atoms with Gasteiger partial charge >= 0.3 is 0 Å². The van der Waals surface area contributed by atoms with Crippen LogP contribution in [0.25, 0.3) is 16.7 Å². The van der Waals surface area contributed by atoms with Gasteiger partial charge in [-0.3, -0.25) is 19.7 Å². The fourth-order valence-corrected chi connectivity index (χ4v) is 4.72. The molecule has 1 fully saturated rings. The molecule has 3 aromatic carbocycles. The van der Waals surface area contributed by atoms with Crippen molar-refractivity contribution in [3.63, 3.8) is 0 Å². The first-order valence-electron chi connectivity index (χ1n) is 11.6. The predicted octanol–water partition coefficient (Wildman–Crippen LogP) is 4.75. The Morgan fingerprint density at radius 2 is 1.76 bits per heavy atom. The number of nitro benzene ring substituents is 1. The van der Waals surface area contributed by atoms with Crippen molar-refractivity contribution >= 4 is 34.0 Å². The monoisotopic (exact) mass is 497 g/mol. The van der Waals surface area contributed by atoms with Gasteiger partial charge < -0.3 is 19.7 Å². The van der Waals surface area contributed by atoms with Crippen LogP contribution in [0.3, 0.4) is 0 Å². The number of para-hydroxylation sites is 1. The number of Topliss-reactive ketones (excluding diaryl/α,β-unsaturated/α-hetero) is 1. The molecule has 0 saturated carbocycles. The minimum atomic E-state index is -0.909.